The number of aryl methyl sites for hydroxylation is 1. The van der Waals surface area contributed by atoms with Crippen molar-refractivity contribution in [1.29, 1.82) is 0 Å². The molecule has 1 aromatic carbocycles. The van der Waals surface area contributed by atoms with Crippen molar-refractivity contribution in [3.05, 3.63) is 36.2 Å². The summed E-state index contributed by atoms with van der Waals surface area (Å²) in [5, 5.41) is 20.5. The Morgan fingerprint density at radius 2 is 1.74 bits per heavy atom. The van der Waals surface area contributed by atoms with Crippen molar-refractivity contribution < 1.29 is 0 Å². The molecule has 0 amide bonds. The summed E-state index contributed by atoms with van der Waals surface area (Å²) in [4.78, 5) is 14.6. The van der Waals surface area contributed by atoms with E-state index in [0.717, 1.165) is 93.8 Å². The largest absolute Gasteiger partial charge is 0.353 e. The molecule has 1 aliphatic heterocycles. The average molecular weight is 535 g/mol. The highest BCUT2D eigenvalue weighted by Gasteiger charge is 2.20. The number of piperazine rings is 1. The van der Waals surface area contributed by atoms with E-state index in [0.29, 0.717) is 12.5 Å². The molecule has 2 aromatic heterocycles. The van der Waals surface area contributed by atoms with Crippen molar-refractivity contribution in [3.63, 3.8) is 0 Å². The molecule has 3 heterocycles. The van der Waals surface area contributed by atoms with Gasteiger partial charge >= 0.3 is 0 Å². The molecule has 3 aromatic rings. The summed E-state index contributed by atoms with van der Waals surface area (Å²) in [5.74, 6) is 1.65. The third-order valence-electron chi connectivity index (χ3n) is 8.03. The molecule has 10 heteroatoms. The first-order valence-electron chi connectivity index (χ1n) is 15.1. The fraction of sp³-hybridized carbons (Fsp3) is 0.655. The lowest BCUT2D eigenvalue weighted by molar-refractivity contribution is 0.271. The molecule has 2 fully saturated rings. The van der Waals surface area contributed by atoms with Gasteiger partial charge in [-0.05, 0) is 64.0 Å². The van der Waals surface area contributed by atoms with Crippen molar-refractivity contribution in [2.75, 3.05) is 62.6 Å². The van der Waals surface area contributed by atoms with E-state index in [1.165, 1.54) is 38.5 Å². The number of hydrogen-bond acceptors (Lipinski definition) is 9. The Labute approximate surface area is 232 Å². The molecule has 1 saturated carbocycles. The quantitative estimate of drug-likeness (QED) is 0.269. The number of fused-ring (bicyclic) bond motifs is 1. The van der Waals surface area contributed by atoms with Crippen LogP contribution in [0, 0.1) is 0 Å². The molecule has 0 bridgehead atoms. The molecule has 10 nitrogen and oxygen atoms in total. The Bertz CT molecular complexity index is 1130. The summed E-state index contributed by atoms with van der Waals surface area (Å²) in [6.07, 6.45) is 11.2. The van der Waals surface area contributed by atoms with Gasteiger partial charge in [-0.25, -0.2) is 4.98 Å². The maximum absolute atomic E-state index is 4.93. The van der Waals surface area contributed by atoms with Crippen molar-refractivity contribution in [3.8, 4) is 0 Å². The Hall–Kier alpha value is -2.82. The average Bonchev–Trinajstić information content (AvgIpc) is 3.45. The van der Waals surface area contributed by atoms with Gasteiger partial charge in [-0.3, -0.25) is 4.68 Å². The lowest BCUT2D eigenvalue weighted by atomic mass is 9.95. The number of hydrogen-bond donors (Lipinski definition) is 3. The summed E-state index contributed by atoms with van der Waals surface area (Å²) < 4.78 is 1.93. The number of para-hydroxylation sites is 1. The Balaban J connectivity index is 1.04. The van der Waals surface area contributed by atoms with Gasteiger partial charge in [0.25, 0.3) is 0 Å². The fourth-order valence-corrected chi connectivity index (χ4v) is 5.67. The molecule has 1 aliphatic carbocycles. The SMILES string of the molecule is CCN1CCN(c2nc(NCc3cn(CCCNCCCNC4CCCCC4)nn3)nc3ccccc23)CC1. The van der Waals surface area contributed by atoms with Crippen LogP contribution in [0.3, 0.4) is 0 Å². The fourth-order valence-electron chi connectivity index (χ4n) is 5.67. The molecule has 212 valence electrons. The van der Waals surface area contributed by atoms with E-state index in [4.69, 9.17) is 9.97 Å². The number of likely N-dealkylation sites (N-methyl/N-ethyl adjacent to an activating group) is 1. The minimum absolute atomic E-state index is 0.549. The van der Waals surface area contributed by atoms with Gasteiger partial charge in [0.1, 0.15) is 11.5 Å². The molecular formula is C29H46N10. The monoisotopic (exact) mass is 534 g/mol. The first-order chi connectivity index (χ1) is 19.3. The zero-order chi connectivity index (χ0) is 26.7. The first-order valence-corrected chi connectivity index (χ1v) is 15.1. The van der Waals surface area contributed by atoms with Crippen molar-refractivity contribution in [2.24, 2.45) is 0 Å². The van der Waals surface area contributed by atoms with Crippen molar-refractivity contribution in [1.82, 2.24) is 40.5 Å². The lowest BCUT2D eigenvalue weighted by Crippen LogP contribution is -2.46. The Kier molecular flexibility index (Phi) is 10.3. The second-order valence-electron chi connectivity index (χ2n) is 10.9. The minimum atomic E-state index is 0.549. The van der Waals surface area contributed by atoms with Crippen LogP contribution in [0.1, 0.15) is 57.6 Å². The number of nitrogens with one attached hydrogen (secondary N) is 3. The molecule has 1 saturated heterocycles. The predicted octanol–water partition coefficient (Wildman–Crippen LogP) is 3.27. The van der Waals surface area contributed by atoms with Crippen LogP contribution >= 0.6 is 0 Å². The molecule has 0 radical (unpaired) electrons. The number of benzene rings is 1. The summed E-state index contributed by atoms with van der Waals surface area (Å²) in [6.45, 7) is 12.0. The van der Waals surface area contributed by atoms with Gasteiger partial charge in [-0.2, -0.15) is 4.98 Å². The summed E-state index contributed by atoms with van der Waals surface area (Å²) in [6, 6.07) is 9.04. The number of anilines is 2. The van der Waals surface area contributed by atoms with Gasteiger partial charge in [0.05, 0.1) is 18.3 Å². The molecule has 39 heavy (non-hydrogen) atoms. The van der Waals surface area contributed by atoms with Gasteiger partial charge in [0.15, 0.2) is 0 Å². The van der Waals surface area contributed by atoms with E-state index in [2.05, 4.69) is 61.2 Å². The van der Waals surface area contributed by atoms with Gasteiger partial charge in [-0.1, -0.05) is 43.5 Å². The third-order valence-corrected chi connectivity index (χ3v) is 8.03. The maximum atomic E-state index is 4.93. The van der Waals surface area contributed by atoms with E-state index in [1.54, 1.807) is 0 Å². The number of nitrogens with zero attached hydrogens (tertiary/aromatic N) is 7. The minimum Gasteiger partial charge on any atom is -0.353 e. The molecule has 5 rings (SSSR count). The Morgan fingerprint density at radius 3 is 2.59 bits per heavy atom. The maximum Gasteiger partial charge on any atom is 0.225 e. The van der Waals surface area contributed by atoms with Crippen LogP contribution in [-0.4, -0.2) is 88.3 Å². The first kappa shape index (κ1) is 27.7. The zero-order valence-corrected chi connectivity index (χ0v) is 23.6. The van der Waals surface area contributed by atoms with Crippen LogP contribution in [0.25, 0.3) is 10.9 Å². The highest BCUT2D eigenvalue weighted by atomic mass is 15.4. The number of rotatable bonds is 14. The molecule has 0 spiro atoms. The second kappa shape index (κ2) is 14.5. The van der Waals surface area contributed by atoms with Crippen LogP contribution < -0.4 is 20.9 Å². The third kappa shape index (κ3) is 8.09. The van der Waals surface area contributed by atoms with Crippen LogP contribution in [0.2, 0.25) is 0 Å². The van der Waals surface area contributed by atoms with Crippen LogP contribution in [0.15, 0.2) is 30.5 Å². The standard InChI is InChI=1S/C29H46N10/c1-2-37-18-20-38(21-19-37)28-26-12-6-7-13-27(26)33-29(34-28)32-22-25-23-39(36-35-25)17-9-15-30-14-8-16-31-24-10-4-3-5-11-24/h6-7,12-13,23-24,30-31H,2-5,8-11,14-22H2,1H3,(H,32,33,34). The Morgan fingerprint density at radius 1 is 0.923 bits per heavy atom. The van der Waals surface area contributed by atoms with E-state index in [1.807, 2.05) is 16.9 Å². The van der Waals surface area contributed by atoms with Gasteiger partial charge in [-0.15, -0.1) is 5.10 Å². The topological polar surface area (TPSA) is 99.1 Å². The smallest absolute Gasteiger partial charge is 0.225 e. The summed E-state index contributed by atoms with van der Waals surface area (Å²) in [7, 11) is 0. The van der Waals surface area contributed by atoms with Crippen LogP contribution in [0.5, 0.6) is 0 Å². The van der Waals surface area contributed by atoms with E-state index in [-0.39, 0.29) is 0 Å². The zero-order valence-electron chi connectivity index (χ0n) is 23.6. The molecule has 0 unspecified atom stereocenters. The molecule has 2 aliphatic rings. The normalized spacial score (nSPS) is 17.2. The van der Waals surface area contributed by atoms with Gasteiger partial charge < -0.3 is 25.8 Å². The lowest BCUT2D eigenvalue weighted by Gasteiger charge is -2.35. The van der Waals surface area contributed by atoms with E-state index < -0.39 is 0 Å². The van der Waals surface area contributed by atoms with Gasteiger partial charge in [0, 0.05) is 44.2 Å². The molecule has 0 atom stereocenters. The number of aromatic nitrogens is 5. The van der Waals surface area contributed by atoms with Crippen molar-refractivity contribution in [2.45, 2.75) is 71.0 Å². The van der Waals surface area contributed by atoms with Crippen molar-refractivity contribution >= 4 is 22.7 Å². The predicted molar refractivity (Wildman–Crippen MR) is 158 cm³/mol. The highest BCUT2D eigenvalue weighted by Crippen LogP contribution is 2.26. The summed E-state index contributed by atoms with van der Waals surface area (Å²) in [5.41, 5.74) is 1.86. The molecular weight excluding hydrogens is 488 g/mol. The van der Waals surface area contributed by atoms with Crippen LogP contribution in [-0.2, 0) is 13.1 Å². The van der Waals surface area contributed by atoms with Gasteiger partial charge in [0.2, 0.25) is 5.95 Å². The van der Waals surface area contributed by atoms with Crippen LogP contribution in [0.4, 0.5) is 11.8 Å². The summed E-state index contributed by atoms with van der Waals surface area (Å²) >= 11 is 0. The molecule has 3 N–H and O–H groups in total. The second-order valence-corrected chi connectivity index (χ2v) is 10.9. The highest BCUT2D eigenvalue weighted by molar-refractivity contribution is 5.90. The van der Waals surface area contributed by atoms with E-state index >= 15 is 0 Å². The van der Waals surface area contributed by atoms with E-state index in [9.17, 15) is 0 Å².